The monoisotopic (exact) mass is 342 g/mol. The molecule has 2 saturated carbocycles. The second-order valence-electron chi connectivity index (χ2n) is 4.75. The van der Waals surface area contributed by atoms with E-state index >= 15 is 0 Å². The lowest BCUT2D eigenvalue weighted by Crippen LogP contribution is -2.49. The highest BCUT2D eigenvalue weighted by molar-refractivity contribution is 6.34. The van der Waals surface area contributed by atoms with Crippen LogP contribution in [-0.2, 0) is 0 Å². The summed E-state index contributed by atoms with van der Waals surface area (Å²) in [5.74, 6) is 1.33. The smallest absolute Gasteiger partial charge is 0.0590 e. The molecule has 94 valence electrons. The van der Waals surface area contributed by atoms with Gasteiger partial charge in [-0.05, 0) is 12.3 Å². The van der Waals surface area contributed by atoms with E-state index in [4.69, 9.17) is 69.6 Å². The summed E-state index contributed by atoms with van der Waals surface area (Å²) in [6, 6.07) is 0. The van der Waals surface area contributed by atoms with Crippen molar-refractivity contribution in [3.63, 3.8) is 0 Å². The van der Waals surface area contributed by atoms with Gasteiger partial charge in [-0.3, -0.25) is 0 Å². The van der Waals surface area contributed by atoms with Crippen LogP contribution < -0.4 is 0 Å². The molecule has 2 fully saturated rings. The van der Waals surface area contributed by atoms with Gasteiger partial charge < -0.3 is 0 Å². The number of rotatable bonds is 3. The van der Waals surface area contributed by atoms with Crippen LogP contribution in [0.2, 0.25) is 0 Å². The van der Waals surface area contributed by atoms with Crippen molar-refractivity contribution in [2.75, 3.05) is 17.6 Å². The molecule has 16 heavy (non-hydrogen) atoms. The average Bonchev–Trinajstić information content (AvgIpc) is 2.65. The minimum Gasteiger partial charge on any atom is -0.126 e. The number of fused-ring (bicyclic) bond motifs is 2. The van der Waals surface area contributed by atoms with Crippen molar-refractivity contribution in [3.05, 3.63) is 0 Å². The van der Waals surface area contributed by atoms with Crippen molar-refractivity contribution < 1.29 is 0 Å². The fourth-order valence-corrected chi connectivity index (χ4v) is 7.29. The Hall–Kier alpha value is 1.74. The average molecular weight is 345 g/mol. The summed E-state index contributed by atoms with van der Waals surface area (Å²) in [4.78, 5) is 0. The fourth-order valence-electron chi connectivity index (χ4n) is 3.46. The van der Waals surface area contributed by atoms with Crippen LogP contribution in [0.25, 0.3) is 0 Å². The minimum absolute atomic E-state index is 0.0926. The third-order valence-electron chi connectivity index (χ3n) is 4.51. The Bertz CT molecular complexity index is 278. The van der Waals surface area contributed by atoms with Gasteiger partial charge >= 0.3 is 0 Å². The molecule has 0 radical (unpaired) electrons. The lowest BCUT2D eigenvalue weighted by molar-refractivity contribution is 0.170. The maximum Gasteiger partial charge on any atom is 0.0590 e. The molecule has 0 N–H and O–H groups in total. The van der Waals surface area contributed by atoms with Crippen molar-refractivity contribution in [2.45, 2.75) is 22.6 Å². The molecule has 0 amide bonds. The SMILES string of the molecule is ClCC1(CCl)C2C[C@@H](Cl)C1(CCl)[C@@H](Cl)[C@@H]2Cl. The molecule has 0 aliphatic heterocycles. The molecule has 2 aliphatic carbocycles. The quantitative estimate of drug-likeness (QED) is 0.660. The minimum atomic E-state index is -0.446. The van der Waals surface area contributed by atoms with E-state index in [1.807, 2.05) is 0 Å². The molecular weight excluding hydrogens is 333 g/mol. The highest BCUT2D eigenvalue weighted by Gasteiger charge is 2.74. The zero-order valence-electron chi connectivity index (χ0n) is 8.41. The predicted molar refractivity (Wildman–Crippen MR) is 74.1 cm³/mol. The maximum absolute atomic E-state index is 6.43. The van der Waals surface area contributed by atoms with E-state index in [9.17, 15) is 0 Å². The third-order valence-corrected chi connectivity index (χ3v) is 7.82. The third kappa shape index (κ3) is 1.38. The number of hydrogen-bond donors (Lipinski definition) is 0. The van der Waals surface area contributed by atoms with E-state index in [0.717, 1.165) is 6.42 Å². The number of halogens is 6. The van der Waals surface area contributed by atoms with Crippen molar-refractivity contribution in [1.29, 1.82) is 0 Å². The van der Waals surface area contributed by atoms with E-state index in [1.54, 1.807) is 0 Å². The molecule has 0 aromatic rings. The van der Waals surface area contributed by atoms with Gasteiger partial charge in [0, 0.05) is 33.8 Å². The number of alkyl halides is 6. The predicted octanol–water partition coefficient (Wildman–Crippen LogP) is 4.53. The van der Waals surface area contributed by atoms with Crippen LogP contribution in [-0.4, -0.2) is 33.8 Å². The first-order chi connectivity index (χ1) is 7.51. The second kappa shape index (κ2) is 4.69. The van der Waals surface area contributed by atoms with E-state index in [2.05, 4.69) is 0 Å². The molecule has 0 aromatic carbocycles. The Morgan fingerprint density at radius 3 is 1.88 bits per heavy atom. The molecule has 0 aromatic heterocycles. The van der Waals surface area contributed by atoms with Gasteiger partial charge in [-0.15, -0.1) is 69.6 Å². The Kier molecular flexibility index (Phi) is 4.15. The van der Waals surface area contributed by atoms with Crippen LogP contribution in [0.15, 0.2) is 0 Å². The van der Waals surface area contributed by atoms with Crippen LogP contribution in [0.5, 0.6) is 0 Å². The van der Waals surface area contributed by atoms with Gasteiger partial charge in [-0.1, -0.05) is 0 Å². The fraction of sp³-hybridized carbons (Fsp3) is 1.00. The van der Waals surface area contributed by atoms with Crippen LogP contribution >= 0.6 is 69.6 Å². The van der Waals surface area contributed by atoms with Gasteiger partial charge in [-0.2, -0.15) is 0 Å². The molecule has 0 spiro atoms. The second-order valence-corrected chi connectivity index (χ2v) is 7.06. The Balaban J connectivity index is 2.54. The first kappa shape index (κ1) is 14.2. The van der Waals surface area contributed by atoms with Gasteiger partial charge in [0.15, 0.2) is 0 Å². The largest absolute Gasteiger partial charge is 0.126 e. The molecule has 6 heteroatoms. The normalized spacial score (nSPS) is 49.9. The summed E-state index contributed by atoms with van der Waals surface area (Å²) < 4.78 is 0. The molecule has 2 rings (SSSR count). The van der Waals surface area contributed by atoms with Gasteiger partial charge in [-0.25, -0.2) is 0 Å². The zero-order chi connectivity index (χ0) is 12.1. The summed E-state index contributed by atoms with van der Waals surface area (Å²) in [5, 5.41) is -0.497. The molecule has 2 unspecified atom stereocenters. The first-order valence-corrected chi connectivity index (χ1v) is 8.03. The maximum atomic E-state index is 6.43. The standard InChI is InChI=1S/C10H12Cl6/c11-2-9(3-12)5-1-6(14)10(9,4-13)8(16)7(5)15/h5-8H,1-4H2/t5?,6-,7-,8+,10?/m1/s1. The molecule has 0 saturated heterocycles. The Morgan fingerprint density at radius 1 is 0.938 bits per heavy atom. The van der Waals surface area contributed by atoms with Crippen molar-refractivity contribution in [1.82, 2.24) is 0 Å². The highest BCUT2D eigenvalue weighted by Crippen LogP contribution is 2.71. The molecule has 5 atom stereocenters. The van der Waals surface area contributed by atoms with Gasteiger partial charge in [0.05, 0.1) is 10.8 Å². The van der Waals surface area contributed by atoms with Gasteiger partial charge in [0.25, 0.3) is 0 Å². The van der Waals surface area contributed by atoms with Crippen molar-refractivity contribution >= 4 is 69.6 Å². The van der Waals surface area contributed by atoms with Gasteiger partial charge in [0.1, 0.15) is 0 Å². The summed E-state index contributed by atoms with van der Waals surface area (Å²) in [6.07, 6.45) is 0.797. The molecule has 0 heterocycles. The van der Waals surface area contributed by atoms with Crippen LogP contribution in [0.1, 0.15) is 6.42 Å². The molecular formula is C10H12Cl6. The molecule has 0 nitrogen and oxygen atoms in total. The zero-order valence-corrected chi connectivity index (χ0v) is 12.9. The topological polar surface area (TPSA) is 0 Å². The van der Waals surface area contributed by atoms with Crippen molar-refractivity contribution in [2.24, 2.45) is 16.7 Å². The summed E-state index contributed by atoms with van der Waals surface area (Å²) in [5.41, 5.74) is -0.776. The molecule has 2 bridgehead atoms. The van der Waals surface area contributed by atoms with E-state index in [1.165, 1.54) is 0 Å². The lowest BCUT2D eigenvalue weighted by Gasteiger charge is -2.43. The molecule has 2 aliphatic rings. The van der Waals surface area contributed by atoms with Gasteiger partial charge in [0.2, 0.25) is 0 Å². The van der Waals surface area contributed by atoms with Crippen LogP contribution in [0.3, 0.4) is 0 Å². The summed E-state index contributed by atoms with van der Waals surface area (Å²) >= 11 is 37.6. The summed E-state index contributed by atoms with van der Waals surface area (Å²) in [7, 11) is 0. The van der Waals surface area contributed by atoms with E-state index < -0.39 is 5.41 Å². The van der Waals surface area contributed by atoms with Crippen molar-refractivity contribution in [3.8, 4) is 0 Å². The summed E-state index contributed by atoms with van der Waals surface area (Å²) in [6.45, 7) is 0. The first-order valence-electron chi connectivity index (χ1n) is 5.12. The van der Waals surface area contributed by atoms with E-state index in [-0.39, 0.29) is 27.5 Å². The lowest BCUT2D eigenvalue weighted by atomic mass is 9.70. The van der Waals surface area contributed by atoms with Crippen LogP contribution in [0, 0.1) is 16.7 Å². The Labute approximate surface area is 126 Å². The highest BCUT2D eigenvalue weighted by atomic mass is 35.5. The Morgan fingerprint density at radius 2 is 1.50 bits per heavy atom. The van der Waals surface area contributed by atoms with E-state index in [0.29, 0.717) is 17.6 Å². The van der Waals surface area contributed by atoms with Crippen LogP contribution in [0.4, 0.5) is 0 Å². The number of hydrogen-bond acceptors (Lipinski definition) is 0.